The van der Waals surface area contributed by atoms with Gasteiger partial charge in [-0.1, -0.05) is 12.8 Å². The van der Waals surface area contributed by atoms with Gasteiger partial charge in [0, 0.05) is 6.04 Å². The van der Waals surface area contributed by atoms with Crippen molar-refractivity contribution in [3.63, 3.8) is 0 Å². The van der Waals surface area contributed by atoms with Crippen LogP contribution in [0.4, 0.5) is 18.0 Å². The maximum atomic E-state index is 13.1. The fourth-order valence-corrected chi connectivity index (χ4v) is 3.61. The van der Waals surface area contributed by atoms with Crippen molar-refractivity contribution >= 4 is 12.0 Å². The third-order valence-electron chi connectivity index (χ3n) is 4.92. The van der Waals surface area contributed by atoms with Crippen molar-refractivity contribution in [3.8, 4) is 0 Å². The lowest BCUT2D eigenvalue weighted by molar-refractivity contribution is -0.164. The molecule has 2 aliphatic rings. The molecule has 2 rings (SSSR count). The Morgan fingerprint density at radius 3 is 2.04 bits per heavy atom. The highest BCUT2D eigenvalue weighted by Crippen LogP contribution is 2.35. The van der Waals surface area contributed by atoms with Crippen LogP contribution in [0.3, 0.4) is 0 Å². The van der Waals surface area contributed by atoms with E-state index in [9.17, 15) is 22.8 Å². The van der Waals surface area contributed by atoms with Gasteiger partial charge in [0.05, 0.1) is 5.92 Å². The highest BCUT2D eigenvalue weighted by atomic mass is 19.4. The van der Waals surface area contributed by atoms with Crippen LogP contribution in [0.15, 0.2) is 0 Å². The van der Waals surface area contributed by atoms with Crippen LogP contribution in [-0.4, -0.2) is 35.4 Å². The van der Waals surface area contributed by atoms with Crippen molar-refractivity contribution in [1.29, 1.82) is 0 Å². The van der Waals surface area contributed by atoms with Crippen LogP contribution in [0, 0.1) is 11.8 Å². The zero-order chi connectivity index (χ0) is 17.0. The number of carbonyl (C=O) groups excluding carboxylic acids is 1. The Bertz CT molecular complexity index is 428. The van der Waals surface area contributed by atoms with Gasteiger partial charge in [0.15, 0.2) is 0 Å². The van der Waals surface area contributed by atoms with E-state index in [-0.39, 0.29) is 6.04 Å². The number of halogens is 3. The first kappa shape index (κ1) is 17.9. The minimum atomic E-state index is -4.45. The predicted octanol–water partition coefficient (Wildman–Crippen LogP) is 3.05. The van der Waals surface area contributed by atoms with Gasteiger partial charge in [-0.2, -0.15) is 13.2 Å². The summed E-state index contributed by atoms with van der Waals surface area (Å²) in [4.78, 5) is 22.8. The van der Waals surface area contributed by atoms with Crippen LogP contribution in [0.5, 0.6) is 0 Å². The van der Waals surface area contributed by atoms with E-state index in [4.69, 9.17) is 5.11 Å². The van der Waals surface area contributed by atoms with Gasteiger partial charge < -0.3 is 15.7 Å². The second-order valence-electron chi connectivity index (χ2n) is 6.57. The number of nitrogens with one attached hydrogen (secondary N) is 2. The number of carbonyl (C=O) groups is 2. The molecule has 0 heterocycles. The van der Waals surface area contributed by atoms with E-state index in [0.29, 0.717) is 38.5 Å². The van der Waals surface area contributed by atoms with E-state index in [1.165, 1.54) is 0 Å². The quantitative estimate of drug-likeness (QED) is 0.738. The lowest BCUT2D eigenvalue weighted by Gasteiger charge is -2.30. The SMILES string of the molecule is O=C(NC1CCC(C(=O)O)CC1)NC(C1CCCC1)C(F)(F)F. The molecule has 2 saturated carbocycles. The van der Waals surface area contributed by atoms with Crippen molar-refractivity contribution in [2.45, 2.75) is 69.6 Å². The zero-order valence-electron chi connectivity index (χ0n) is 12.9. The second kappa shape index (κ2) is 7.40. The summed E-state index contributed by atoms with van der Waals surface area (Å²) in [6.07, 6.45) is -0.138. The molecule has 0 saturated heterocycles. The van der Waals surface area contributed by atoms with Gasteiger partial charge in [-0.15, -0.1) is 0 Å². The summed E-state index contributed by atoms with van der Waals surface area (Å²) in [5.41, 5.74) is 0. The highest BCUT2D eigenvalue weighted by Gasteiger charge is 2.46. The van der Waals surface area contributed by atoms with Crippen LogP contribution in [-0.2, 0) is 4.79 Å². The Morgan fingerprint density at radius 2 is 1.57 bits per heavy atom. The molecule has 0 aromatic heterocycles. The van der Waals surface area contributed by atoms with Crippen LogP contribution in [0.1, 0.15) is 51.4 Å². The van der Waals surface area contributed by atoms with Gasteiger partial charge in [-0.25, -0.2) is 4.79 Å². The van der Waals surface area contributed by atoms with Crippen LogP contribution < -0.4 is 10.6 Å². The van der Waals surface area contributed by atoms with Gasteiger partial charge >= 0.3 is 18.2 Å². The first-order valence-electron chi connectivity index (χ1n) is 8.14. The van der Waals surface area contributed by atoms with Crippen LogP contribution >= 0.6 is 0 Å². The number of aliphatic carboxylic acids is 1. The largest absolute Gasteiger partial charge is 0.481 e. The Balaban J connectivity index is 1.84. The van der Waals surface area contributed by atoms with E-state index in [2.05, 4.69) is 10.6 Å². The molecule has 0 aliphatic heterocycles. The summed E-state index contributed by atoms with van der Waals surface area (Å²) >= 11 is 0. The summed E-state index contributed by atoms with van der Waals surface area (Å²) in [6, 6.07) is -2.87. The van der Waals surface area contributed by atoms with E-state index in [0.717, 1.165) is 12.8 Å². The third-order valence-corrected chi connectivity index (χ3v) is 4.92. The molecule has 23 heavy (non-hydrogen) atoms. The maximum Gasteiger partial charge on any atom is 0.408 e. The monoisotopic (exact) mass is 336 g/mol. The average Bonchev–Trinajstić information content (AvgIpc) is 2.98. The lowest BCUT2D eigenvalue weighted by Crippen LogP contribution is -2.54. The van der Waals surface area contributed by atoms with Gasteiger partial charge in [-0.05, 0) is 44.4 Å². The van der Waals surface area contributed by atoms with Crippen LogP contribution in [0.2, 0.25) is 0 Å². The van der Waals surface area contributed by atoms with E-state index in [1.807, 2.05) is 0 Å². The molecule has 3 N–H and O–H groups in total. The smallest absolute Gasteiger partial charge is 0.408 e. The molecule has 0 bridgehead atoms. The van der Waals surface area contributed by atoms with Crippen molar-refractivity contribution in [2.75, 3.05) is 0 Å². The molecule has 2 fully saturated rings. The Kier molecular flexibility index (Phi) is 5.75. The second-order valence-corrected chi connectivity index (χ2v) is 6.57. The van der Waals surface area contributed by atoms with E-state index < -0.39 is 36.1 Å². The first-order valence-corrected chi connectivity index (χ1v) is 8.14. The Morgan fingerprint density at radius 1 is 1.00 bits per heavy atom. The summed E-state index contributed by atoms with van der Waals surface area (Å²) in [7, 11) is 0. The molecule has 2 amide bonds. The zero-order valence-corrected chi connectivity index (χ0v) is 12.9. The molecule has 2 aliphatic carbocycles. The number of carboxylic acid groups (broad SMARTS) is 1. The molecule has 0 spiro atoms. The van der Waals surface area contributed by atoms with E-state index in [1.54, 1.807) is 0 Å². The Labute approximate surface area is 133 Å². The van der Waals surface area contributed by atoms with Gasteiger partial charge in [0.25, 0.3) is 0 Å². The molecule has 5 nitrogen and oxygen atoms in total. The third kappa shape index (κ3) is 5.00. The summed E-state index contributed by atoms with van der Waals surface area (Å²) in [5.74, 6) is -1.83. The number of alkyl halides is 3. The number of carboxylic acids is 1. The molecule has 0 aromatic rings. The fourth-order valence-electron chi connectivity index (χ4n) is 3.61. The summed E-state index contributed by atoms with van der Waals surface area (Å²) < 4.78 is 39.4. The lowest BCUT2D eigenvalue weighted by atomic mass is 9.86. The highest BCUT2D eigenvalue weighted by molar-refractivity contribution is 5.75. The molecule has 0 aromatic carbocycles. The molecule has 132 valence electrons. The standard InChI is InChI=1S/C15H23F3N2O3/c16-15(17,18)12(9-3-1-2-4-9)20-14(23)19-11-7-5-10(6-8-11)13(21)22/h9-12H,1-8H2,(H,21,22)(H2,19,20,23). The van der Waals surface area contributed by atoms with Crippen molar-refractivity contribution < 1.29 is 27.9 Å². The van der Waals surface area contributed by atoms with E-state index >= 15 is 0 Å². The maximum absolute atomic E-state index is 13.1. The molecule has 1 atom stereocenters. The number of hydrogen-bond donors (Lipinski definition) is 3. The minimum Gasteiger partial charge on any atom is -0.481 e. The number of amides is 2. The number of rotatable bonds is 4. The summed E-state index contributed by atoms with van der Waals surface area (Å²) in [6.45, 7) is 0. The molecular weight excluding hydrogens is 313 g/mol. The molecular formula is C15H23F3N2O3. The number of urea groups is 1. The fraction of sp³-hybridized carbons (Fsp3) is 0.867. The average molecular weight is 336 g/mol. The van der Waals surface area contributed by atoms with Crippen LogP contribution in [0.25, 0.3) is 0 Å². The predicted molar refractivity (Wildman–Crippen MR) is 76.9 cm³/mol. The van der Waals surface area contributed by atoms with Gasteiger partial charge in [0.2, 0.25) is 0 Å². The normalized spacial score (nSPS) is 27.4. The van der Waals surface area contributed by atoms with Gasteiger partial charge in [0.1, 0.15) is 6.04 Å². The van der Waals surface area contributed by atoms with Crippen molar-refractivity contribution in [3.05, 3.63) is 0 Å². The molecule has 8 heteroatoms. The first-order chi connectivity index (χ1) is 10.8. The topological polar surface area (TPSA) is 78.4 Å². The molecule has 1 unspecified atom stereocenters. The van der Waals surface area contributed by atoms with Crippen molar-refractivity contribution in [2.24, 2.45) is 11.8 Å². The summed E-state index contributed by atoms with van der Waals surface area (Å²) in [5, 5.41) is 13.6. The Hall–Kier alpha value is -1.47. The minimum absolute atomic E-state index is 0.261. The van der Waals surface area contributed by atoms with Gasteiger partial charge in [-0.3, -0.25) is 4.79 Å². The molecule has 0 radical (unpaired) electrons. The number of hydrogen-bond acceptors (Lipinski definition) is 2. The van der Waals surface area contributed by atoms with Crippen molar-refractivity contribution in [1.82, 2.24) is 10.6 Å².